The van der Waals surface area contributed by atoms with Crippen LogP contribution in [0.15, 0.2) is 85.2 Å². The van der Waals surface area contributed by atoms with Gasteiger partial charge in [-0.15, -0.1) is 0 Å². The average Bonchev–Trinajstić information content (AvgIpc) is 3.49. The van der Waals surface area contributed by atoms with Crippen LogP contribution in [-0.2, 0) is 4.79 Å². The molecule has 0 aliphatic carbocycles. The molecule has 1 amide bonds. The maximum absolute atomic E-state index is 11.9. The van der Waals surface area contributed by atoms with Crippen LogP contribution in [0.5, 0.6) is 5.75 Å². The monoisotopic (exact) mass is 497 g/mol. The largest absolute Gasteiger partial charge is 0.495 e. The van der Waals surface area contributed by atoms with E-state index in [2.05, 4.69) is 68.5 Å². The highest BCUT2D eigenvalue weighted by molar-refractivity contribution is 7.80. The second-order valence-corrected chi connectivity index (χ2v) is 9.09. The number of thiocarbonyl (C=S) groups is 1. The lowest BCUT2D eigenvalue weighted by Crippen LogP contribution is -2.30. The maximum Gasteiger partial charge on any atom is 0.221 e. The molecule has 0 spiro atoms. The van der Waals surface area contributed by atoms with Crippen LogP contribution in [0.4, 0.5) is 11.4 Å². The highest BCUT2D eigenvalue weighted by Crippen LogP contribution is 2.43. The molecule has 1 aliphatic rings. The summed E-state index contributed by atoms with van der Waals surface area (Å²) in [5.74, 6) is 0.400. The van der Waals surface area contributed by atoms with Crippen LogP contribution < -0.4 is 20.3 Å². The number of nitrogens with zero attached hydrogens (tertiary/aromatic N) is 3. The third-order valence-electron chi connectivity index (χ3n) is 6.27. The normalized spacial score (nSPS) is 17.1. The van der Waals surface area contributed by atoms with Gasteiger partial charge in [0.15, 0.2) is 5.11 Å². The van der Waals surface area contributed by atoms with Crippen molar-refractivity contribution in [2.24, 2.45) is 0 Å². The van der Waals surface area contributed by atoms with E-state index in [1.807, 2.05) is 42.5 Å². The molecular weight excluding hydrogens is 470 g/mol. The van der Waals surface area contributed by atoms with Gasteiger partial charge in [-0.05, 0) is 73.7 Å². The minimum atomic E-state index is -0.206. The Morgan fingerprint density at radius 2 is 1.83 bits per heavy atom. The predicted octanol–water partition coefficient (Wildman–Crippen LogP) is 5.32. The number of nitrogens with one attached hydrogen (secondary N) is 2. The Morgan fingerprint density at radius 3 is 2.53 bits per heavy atom. The molecule has 1 aliphatic heterocycles. The Hall–Kier alpha value is -4.17. The summed E-state index contributed by atoms with van der Waals surface area (Å²) in [5, 5.41) is 6.94. The summed E-state index contributed by atoms with van der Waals surface area (Å²) in [6, 6.07) is 23.8. The first-order chi connectivity index (χ1) is 17.5. The lowest BCUT2D eigenvalue weighted by atomic mass is 10.0. The average molecular weight is 498 g/mol. The Bertz CT molecular complexity index is 1400. The van der Waals surface area contributed by atoms with Gasteiger partial charge >= 0.3 is 0 Å². The zero-order valence-electron chi connectivity index (χ0n) is 20.3. The second kappa shape index (κ2) is 9.83. The number of hydrogen-bond acceptors (Lipinski definition) is 4. The highest BCUT2D eigenvalue weighted by Gasteiger charge is 2.42. The molecule has 0 bridgehead atoms. The lowest BCUT2D eigenvalue weighted by molar-refractivity contribution is -0.114. The number of amides is 1. The van der Waals surface area contributed by atoms with Gasteiger partial charge in [0, 0.05) is 36.4 Å². The van der Waals surface area contributed by atoms with Crippen LogP contribution in [0.3, 0.4) is 0 Å². The molecule has 2 aromatic heterocycles. The number of ether oxygens (including phenoxy) is 1. The zero-order valence-corrected chi connectivity index (χ0v) is 21.1. The molecule has 0 unspecified atom stereocenters. The molecule has 2 aromatic carbocycles. The molecular formula is C28H27N5O2S. The van der Waals surface area contributed by atoms with Crippen molar-refractivity contribution >= 4 is 34.6 Å². The molecule has 0 saturated carbocycles. The molecule has 2 atom stereocenters. The third-order valence-corrected chi connectivity index (χ3v) is 6.58. The van der Waals surface area contributed by atoms with Gasteiger partial charge in [0.25, 0.3) is 0 Å². The minimum absolute atomic E-state index is 0.177. The molecule has 5 rings (SSSR count). The van der Waals surface area contributed by atoms with Crippen LogP contribution in [-0.4, -0.2) is 27.7 Å². The van der Waals surface area contributed by atoms with E-state index in [9.17, 15) is 4.79 Å². The standard InChI is InChI=1S/C28H27N5O2S/c1-18-9-11-20(12-10-18)32-16-6-8-24(32)27-26(22-7-4-5-15-29-22)31-28(36)33(27)21-13-14-25(35-3)23(17-21)30-19(2)34/h4-17,26-27H,1-3H3,(H,30,34)(H,31,36)/t26-,27-/m1/s1. The van der Waals surface area contributed by atoms with Gasteiger partial charge in [0.05, 0.1) is 24.5 Å². The SMILES string of the molecule is COc1ccc(N2C(=S)N[C@H](c3ccccn3)[C@H]2c2cccn2-c2ccc(C)cc2)cc1NC(C)=O. The molecule has 36 heavy (non-hydrogen) atoms. The van der Waals surface area contributed by atoms with E-state index in [1.54, 1.807) is 13.3 Å². The topological polar surface area (TPSA) is 71.4 Å². The molecule has 8 heteroatoms. The van der Waals surface area contributed by atoms with Gasteiger partial charge in [-0.1, -0.05) is 23.8 Å². The van der Waals surface area contributed by atoms with Crippen LogP contribution in [0.2, 0.25) is 0 Å². The van der Waals surface area contributed by atoms with Crippen molar-refractivity contribution in [3.63, 3.8) is 0 Å². The Labute approximate surface area is 215 Å². The smallest absolute Gasteiger partial charge is 0.221 e. The van der Waals surface area contributed by atoms with Gasteiger partial charge in [-0.3, -0.25) is 9.78 Å². The van der Waals surface area contributed by atoms with Crippen molar-refractivity contribution in [2.75, 3.05) is 17.3 Å². The molecule has 3 heterocycles. The molecule has 1 saturated heterocycles. The highest BCUT2D eigenvalue weighted by atomic mass is 32.1. The van der Waals surface area contributed by atoms with E-state index in [1.165, 1.54) is 12.5 Å². The molecule has 7 nitrogen and oxygen atoms in total. The summed E-state index contributed by atoms with van der Waals surface area (Å²) in [6.07, 6.45) is 3.85. The third kappa shape index (κ3) is 4.43. The van der Waals surface area contributed by atoms with Crippen molar-refractivity contribution in [3.05, 3.63) is 102 Å². The van der Waals surface area contributed by atoms with Crippen molar-refractivity contribution in [1.82, 2.24) is 14.9 Å². The first kappa shape index (κ1) is 23.6. The summed E-state index contributed by atoms with van der Waals surface area (Å²) < 4.78 is 7.65. The van der Waals surface area contributed by atoms with Gasteiger partial charge < -0.3 is 24.8 Å². The number of pyridine rings is 1. The van der Waals surface area contributed by atoms with Crippen molar-refractivity contribution in [3.8, 4) is 11.4 Å². The summed E-state index contributed by atoms with van der Waals surface area (Å²) >= 11 is 5.88. The summed E-state index contributed by atoms with van der Waals surface area (Å²) in [4.78, 5) is 18.6. The summed E-state index contributed by atoms with van der Waals surface area (Å²) in [7, 11) is 1.58. The molecule has 1 fully saturated rings. The van der Waals surface area contributed by atoms with Crippen LogP contribution in [0.25, 0.3) is 5.69 Å². The van der Waals surface area contributed by atoms with Crippen LogP contribution in [0, 0.1) is 6.92 Å². The van der Waals surface area contributed by atoms with Crippen molar-refractivity contribution in [1.29, 1.82) is 0 Å². The number of carbonyl (C=O) groups is 1. The zero-order chi connectivity index (χ0) is 25.2. The second-order valence-electron chi connectivity index (χ2n) is 8.70. The fourth-order valence-electron chi connectivity index (χ4n) is 4.64. The van der Waals surface area contributed by atoms with Gasteiger partial charge in [0.2, 0.25) is 5.91 Å². The predicted molar refractivity (Wildman–Crippen MR) is 146 cm³/mol. The van der Waals surface area contributed by atoms with Crippen LogP contribution in [0.1, 0.15) is 36.0 Å². The fourth-order valence-corrected chi connectivity index (χ4v) is 4.99. The van der Waals surface area contributed by atoms with Crippen molar-refractivity contribution in [2.45, 2.75) is 25.9 Å². The number of hydrogen-bond donors (Lipinski definition) is 2. The molecule has 2 N–H and O–H groups in total. The Balaban J connectivity index is 1.66. The van der Waals surface area contributed by atoms with E-state index in [4.69, 9.17) is 17.0 Å². The Morgan fingerprint density at radius 1 is 1.06 bits per heavy atom. The van der Waals surface area contributed by atoms with E-state index in [-0.39, 0.29) is 18.0 Å². The molecule has 0 radical (unpaired) electrons. The van der Waals surface area contributed by atoms with Gasteiger partial charge in [-0.25, -0.2) is 0 Å². The lowest BCUT2D eigenvalue weighted by Gasteiger charge is -2.29. The minimum Gasteiger partial charge on any atom is -0.495 e. The van der Waals surface area contributed by atoms with Crippen LogP contribution >= 0.6 is 12.2 Å². The van der Waals surface area contributed by atoms with E-state index in [0.29, 0.717) is 16.5 Å². The Kier molecular flexibility index (Phi) is 6.43. The van der Waals surface area contributed by atoms with Gasteiger partial charge in [0.1, 0.15) is 11.8 Å². The number of benzene rings is 2. The number of carbonyl (C=O) groups excluding carboxylic acids is 1. The summed E-state index contributed by atoms with van der Waals surface area (Å²) in [6.45, 7) is 3.55. The summed E-state index contributed by atoms with van der Waals surface area (Å²) in [5.41, 5.74) is 5.62. The maximum atomic E-state index is 11.9. The number of methoxy groups -OCH3 is 1. The quantitative estimate of drug-likeness (QED) is 0.351. The van der Waals surface area contributed by atoms with Gasteiger partial charge in [-0.2, -0.15) is 0 Å². The molecule has 4 aromatic rings. The van der Waals surface area contributed by atoms with E-state index >= 15 is 0 Å². The molecule has 182 valence electrons. The first-order valence-corrected chi connectivity index (χ1v) is 12.1. The van der Waals surface area contributed by atoms with E-state index in [0.717, 1.165) is 22.8 Å². The fraction of sp³-hybridized carbons (Fsp3) is 0.179. The number of aryl methyl sites for hydroxylation is 1. The van der Waals surface area contributed by atoms with Crippen molar-refractivity contribution < 1.29 is 9.53 Å². The number of rotatable bonds is 6. The number of aromatic nitrogens is 2. The van der Waals surface area contributed by atoms with E-state index < -0.39 is 0 Å². The number of anilines is 2. The first-order valence-electron chi connectivity index (χ1n) is 11.7.